The van der Waals surface area contributed by atoms with E-state index in [4.69, 9.17) is 9.84 Å². The number of esters is 1. The number of carboxylic acids is 1. The van der Waals surface area contributed by atoms with Crippen LogP contribution in [0.4, 0.5) is 0 Å². The highest BCUT2D eigenvalue weighted by Crippen LogP contribution is 2.06. The second-order valence-electron chi connectivity index (χ2n) is 4.64. The SMILES string of the molecule is C=C(C)C(=O)OCCCC.C=C(CCCCC)C(=O)O. The molecule has 0 unspecified atom stereocenters. The van der Waals surface area contributed by atoms with Gasteiger partial charge in [0.25, 0.3) is 0 Å². The molecule has 0 aliphatic rings. The van der Waals surface area contributed by atoms with Crippen LogP contribution in [-0.2, 0) is 14.3 Å². The monoisotopic (exact) mass is 284 g/mol. The molecule has 20 heavy (non-hydrogen) atoms. The number of rotatable bonds is 9. The maximum atomic E-state index is 10.7. The van der Waals surface area contributed by atoms with E-state index in [1.54, 1.807) is 6.92 Å². The lowest BCUT2D eigenvalue weighted by Crippen LogP contribution is -2.05. The lowest BCUT2D eigenvalue weighted by molar-refractivity contribution is -0.139. The number of hydrogen-bond donors (Lipinski definition) is 1. The molecule has 0 atom stereocenters. The summed E-state index contributed by atoms with van der Waals surface area (Å²) in [5.74, 6) is -1.15. The highest BCUT2D eigenvalue weighted by Gasteiger charge is 2.01. The van der Waals surface area contributed by atoms with Crippen LogP contribution in [0.3, 0.4) is 0 Å². The van der Waals surface area contributed by atoms with Gasteiger partial charge in [-0.25, -0.2) is 9.59 Å². The molecule has 116 valence electrons. The molecule has 0 aromatic rings. The van der Waals surface area contributed by atoms with Gasteiger partial charge in [-0.05, 0) is 26.2 Å². The van der Waals surface area contributed by atoms with Crippen molar-refractivity contribution in [2.75, 3.05) is 6.61 Å². The average molecular weight is 284 g/mol. The number of carbonyl (C=O) groups is 2. The Morgan fingerprint density at radius 3 is 2.00 bits per heavy atom. The van der Waals surface area contributed by atoms with Crippen molar-refractivity contribution < 1.29 is 19.4 Å². The number of aliphatic carboxylic acids is 1. The van der Waals surface area contributed by atoms with E-state index < -0.39 is 5.97 Å². The van der Waals surface area contributed by atoms with E-state index in [1.807, 2.05) is 0 Å². The Morgan fingerprint density at radius 1 is 1.05 bits per heavy atom. The molecule has 4 nitrogen and oxygen atoms in total. The smallest absolute Gasteiger partial charge is 0.333 e. The fourth-order valence-electron chi connectivity index (χ4n) is 1.13. The highest BCUT2D eigenvalue weighted by atomic mass is 16.5. The van der Waals surface area contributed by atoms with E-state index in [0.29, 0.717) is 24.2 Å². The van der Waals surface area contributed by atoms with E-state index in [9.17, 15) is 9.59 Å². The standard InChI is InChI=1S/2C8H14O2/c1-4-5-6-10-8(9)7(2)3;1-3-4-5-6-7(2)8(9)10/h2,4-6H2,1,3H3;2-6H2,1H3,(H,9,10). The van der Waals surface area contributed by atoms with Crippen molar-refractivity contribution in [2.24, 2.45) is 0 Å². The van der Waals surface area contributed by atoms with Crippen LogP contribution in [0.25, 0.3) is 0 Å². The van der Waals surface area contributed by atoms with E-state index in [1.165, 1.54) is 0 Å². The molecule has 0 amide bonds. The molecule has 0 heterocycles. The predicted molar refractivity (Wildman–Crippen MR) is 81.6 cm³/mol. The van der Waals surface area contributed by atoms with Crippen LogP contribution in [0.5, 0.6) is 0 Å². The van der Waals surface area contributed by atoms with Gasteiger partial charge in [-0.3, -0.25) is 0 Å². The topological polar surface area (TPSA) is 63.6 Å². The van der Waals surface area contributed by atoms with Crippen molar-refractivity contribution in [1.82, 2.24) is 0 Å². The quantitative estimate of drug-likeness (QED) is 0.393. The molecule has 0 saturated carbocycles. The van der Waals surface area contributed by atoms with Crippen molar-refractivity contribution in [3.05, 3.63) is 24.3 Å². The molecule has 0 spiro atoms. The van der Waals surface area contributed by atoms with E-state index in [0.717, 1.165) is 32.1 Å². The van der Waals surface area contributed by atoms with Gasteiger partial charge < -0.3 is 9.84 Å². The Morgan fingerprint density at radius 2 is 1.60 bits per heavy atom. The largest absolute Gasteiger partial charge is 0.478 e. The number of unbranched alkanes of at least 4 members (excludes halogenated alkanes) is 3. The van der Waals surface area contributed by atoms with Crippen molar-refractivity contribution in [3.63, 3.8) is 0 Å². The van der Waals surface area contributed by atoms with Crippen LogP contribution in [-0.4, -0.2) is 23.7 Å². The summed E-state index contributed by atoms with van der Waals surface area (Å²) in [4.78, 5) is 20.9. The van der Waals surface area contributed by atoms with Gasteiger partial charge in [0.15, 0.2) is 0 Å². The van der Waals surface area contributed by atoms with Gasteiger partial charge in [-0.2, -0.15) is 0 Å². The summed E-state index contributed by atoms with van der Waals surface area (Å²) < 4.78 is 4.81. The Labute approximate surface area is 122 Å². The van der Waals surface area contributed by atoms with Crippen molar-refractivity contribution >= 4 is 11.9 Å². The van der Waals surface area contributed by atoms with E-state index in [-0.39, 0.29) is 5.97 Å². The minimum absolute atomic E-state index is 0.284. The lowest BCUT2D eigenvalue weighted by Gasteiger charge is -2.01. The fraction of sp³-hybridized carbons (Fsp3) is 0.625. The minimum Gasteiger partial charge on any atom is -0.478 e. The van der Waals surface area contributed by atoms with Gasteiger partial charge in [0.2, 0.25) is 0 Å². The Hall–Kier alpha value is -1.58. The Kier molecular flexibility index (Phi) is 14.3. The summed E-state index contributed by atoms with van der Waals surface area (Å²) >= 11 is 0. The first-order valence-corrected chi connectivity index (χ1v) is 7.10. The number of carbonyl (C=O) groups excluding carboxylic acids is 1. The van der Waals surface area contributed by atoms with E-state index in [2.05, 4.69) is 27.0 Å². The fourth-order valence-corrected chi connectivity index (χ4v) is 1.13. The number of ether oxygens (including phenoxy) is 1. The van der Waals surface area contributed by atoms with Crippen LogP contribution < -0.4 is 0 Å². The summed E-state index contributed by atoms with van der Waals surface area (Å²) in [5, 5.41) is 8.38. The van der Waals surface area contributed by atoms with Crippen molar-refractivity contribution in [2.45, 2.75) is 59.3 Å². The maximum absolute atomic E-state index is 10.7. The van der Waals surface area contributed by atoms with Crippen LogP contribution >= 0.6 is 0 Å². The third-order valence-corrected chi connectivity index (χ3v) is 2.46. The van der Waals surface area contributed by atoms with Crippen molar-refractivity contribution in [3.8, 4) is 0 Å². The zero-order chi connectivity index (χ0) is 16.0. The van der Waals surface area contributed by atoms with Gasteiger partial charge in [-0.1, -0.05) is 46.3 Å². The average Bonchev–Trinajstić information content (AvgIpc) is 2.39. The van der Waals surface area contributed by atoms with Crippen LogP contribution in [0.2, 0.25) is 0 Å². The third kappa shape index (κ3) is 14.5. The second kappa shape index (κ2) is 13.8. The molecular weight excluding hydrogens is 256 g/mol. The molecular formula is C16H28O4. The molecule has 0 saturated heterocycles. The first kappa shape index (κ1) is 20.7. The normalized spacial score (nSPS) is 9.15. The van der Waals surface area contributed by atoms with Crippen LogP contribution in [0.1, 0.15) is 59.3 Å². The summed E-state index contributed by atoms with van der Waals surface area (Å²) in [6.45, 7) is 13.2. The number of hydrogen-bond acceptors (Lipinski definition) is 3. The summed E-state index contributed by atoms with van der Waals surface area (Å²) in [6, 6.07) is 0. The van der Waals surface area contributed by atoms with Gasteiger partial charge in [-0.15, -0.1) is 0 Å². The van der Waals surface area contributed by atoms with E-state index >= 15 is 0 Å². The summed E-state index contributed by atoms with van der Waals surface area (Å²) in [5.41, 5.74) is 0.796. The summed E-state index contributed by atoms with van der Waals surface area (Å²) in [6.07, 6.45) is 5.76. The van der Waals surface area contributed by atoms with Crippen LogP contribution in [0, 0.1) is 0 Å². The Bertz CT molecular complexity index is 286. The molecule has 1 N–H and O–H groups in total. The van der Waals surface area contributed by atoms with Gasteiger partial charge in [0, 0.05) is 11.1 Å². The highest BCUT2D eigenvalue weighted by molar-refractivity contribution is 5.86. The third-order valence-electron chi connectivity index (χ3n) is 2.46. The zero-order valence-electron chi connectivity index (χ0n) is 13.0. The van der Waals surface area contributed by atoms with Gasteiger partial charge >= 0.3 is 11.9 Å². The van der Waals surface area contributed by atoms with Crippen molar-refractivity contribution in [1.29, 1.82) is 0 Å². The minimum atomic E-state index is -0.865. The molecule has 0 aromatic heterocycles. The predicted octanol–water partition coefficient (Wildman–Crippen LogP) is 4.11. The molecule has 0 rings (SSSR count). The molecule has 0 aliphatic carbocycles. The lowest BCUT2D eigenvalue weighted by atomic mass is 10.1. The van der Waals surface area contributed by atoms with Gasteiger partial charge in [0.05, 0.1) is 6.61 Å². The van der Waals surface area contributed by atoms with Crippen LogP contribution in [0.15, 0.2) is 24.3 Å². The first-order chi connectivity index (χ1) is 9.36. The summed E-state index contributed by atoms with van der Waals surface area (Å²) in [7, 11) is 0. The maximum Gasteiger partial charge on any atom is 0.333 e. The molecule has 0 bridgehead atoms. The molecule has 0 aromatic carbocycles. The molecule has 0 fully saturated rings. The zero-order valence-corrected chi connectivity index (χ0v) is 13.0. The first-order valence-electron chi connectivity index (χ1n) is 7.10. The molecule has 0 radical (unpaired) electrons. The number of carboxylic acid groups (broad SMARTS) is 1. The Balaban J connectivity index is 0. The molecule has 0 aliphatic heterocycles. The van der Waals surface area contributed by atoms with Gasteiger partial charge in [0.1, 0.15) is 0 Å². The molecule has 4 heteroatoms. The second-order valence-corrected chi connectivity index (χ2v) is 4.64.